The van der Waals surface area contributed by atoms with Crippen LogP contribution in [0.25, 0.3) is 0 Å². The fourth-order valence-electron chi connectivity index (χ4n) is 3.63. The third kappa shape index (κ3) is 6.58. The van der Waals surface area contributed by atoms with Crippen LogP contribution in [0.4, 0.5) is 0 Å². The largest absolute Gasteiger partial charge is 0.260 e. The number of allylic oxidation sites excluding steroid dienone is 1. The Kier molecular flexibility index (Phi) is 8.76. The molecule has 33 heavy (non-hydrogen) atoms. The average molecular weight is 466 g/mol. The van der Waals surface area contributed by atoms with E-state index in [-0.39, 0.29) is 0 Å². The van der Waals surface area contributed by atoms with Crippen molar-refractivity contribution < 1.29 is 0 Å². The first-order chi connectivity index (χ1) is 16.3. The summed E-state index contributed by atoms with van der Waals surface area (Å²) in [6.07, 6.45) is 2.05. The first-order valence-corrected chi connectivity index (χ1v) is 14.2. The second-order valence-corrected chi connectivity index (χ2v) is 11.7. The molecule has 4 aromatic rings. The fraction of sp³-hybridized carbons (Fsp3) is 0.100. The predicted octanol–water partition coefficient (Wildman–Crippen LogP) is 6.92. The second-order valence-electron chi connectivity index (χ2n) is 7.70. The molecule has 0 N–H and O–H groups in total. The Balaban J connectivity index is 1.72. The molecule has 164 valence electrons. The normalized spacial score (nSPS) is 12.0. The lowest BCUT2D eigenvalue weighted by Crippen LogP contribution is -2.12. The Labute approximate surface area is 200 Å². The van der Waals surface area contributed by atoms with E-state index < -0.39 is 15.8 Å². The highest BCUT2D eigenvalue weighted by molar-refractivity contribution is 7.86. The maximum absolute atomic E-state index is 5.14. The Morgan fingerprint density at radius 1 is 0.576 bits per heavy atom. The molecule has 0 saturated carbocycles. The number of hydrogen-bond acceptors (Lipinski definition) is 1. The molecule has 0 atom stereocenters. The highest BCUT2D eigenvalue weighted by Crippen LogP contribution is 2.38. The maximum atomic E-state index is 5.14. The zero-order valence-corrected chi connectivity index (χ0v) is 20.7. The molecule has 0 aliphatic rings. The van der Waals surface area contributed by atoms with Gasteiger partial charge in [-0.15, -0.1) is 0 Å². The summed E-state index contributed by atoms with van der Waals surface area (Å²) in [5, 5.41) is 5.37. The standard InChI is InChI=1S/C30H29NP2/c1-2-15-26(24-32(27-16-7-3-8-17-27)28-18-9-4-10-19-28)31-25-33(29-20-11-5-12-21-29)30-22-13-6-14-23-30/h3-14,16-25H,2,15H2,1H3/b26-24+,31-25?. The van der Waals surface area contributed by atoms with Gasteiger partial charge in [0.1, 0.15) is 0 Å². The molecule has 0 radical (unpaired) electrons. The van der Waals surface area contributed by atoms with Gasteiger partial charge in [0.25, 0.3) is 0 Å². The van der Waals surface area contributed by atoms with E-state index in [1.54, 1.807) is 0 Å². The lowest BCUT2D eigenvalue weighted by molar-refractivity contribution is 0.898. The van der Waals surface area contributed by atoms with Crippen LogP contribution in [-0.4, -0.2) is 5.96 Å². The Hall–Kier alpha value is -2.85. The van der Waals surface area contributed by atoms with Crippen molar-refractivity contribution in [2.75, 3.05) is 0 Å². The molecule has 4 rings (SSSR count). The van der Waals surface area contributed by atoms with Gasteiger partial charge in [0.15, 0.2) is 0 Å². The van der Waals surface area contributed by atoms with Crippen molar-refractivity contribution in [3.8, 4) is 0 Å². The van der Waals surface area contributed by atoms with E-state index in [0.717, 1.165) is 12.8 Å². The van der Waals surface area contributed by atoms with Gasteiger partial charge in [-0.1, -0.05) is 135 Å². The molecular formula is C30H29NP2. The third-order valence-electron chi connectivity index (χ3n) is 5.26. The van der Waals surface area contributed by atoms with Crippen molar-refractivity contribution in [2.45, 2.75) is 19.8 Å². The number of nitrogens with zero attached hydrogens (tertiary/aromatic N) is 1. The zero-order valence-electron chi connectivity index (χ0n) is 19.0. The molecule has 0 aromatic heterocycles. The molecule has 1 nitrogen and oxygen atoms in total. The summed E-state index contributed by atoms with van der Waals surface area (Å²) in [4.78, 5) is 5.14. The summed E-state index contributed by atoms with van der Waals surface area (Å²) < 4.78 is 0. The van der Waals surface area contributed by atoms with Gasteiger partial charge in [0.05, 0.1) is 0 Å². The van der Waals surface area contributed by atoms with Crippen LogP contribution in [-0.2, 0) is 0 Å². The molecule has 0 saturated heterocycles. The van der Waals surface area contributed by atoms with E-state index >= 15 is 0 Å². The van der Waals surface area contributed by atoms with E-state index in [2.05, 4.69) is 140 Å². The summed E-state index contributed by atoms with van der Waals surface area (Å²) in [6, 6.07) is 43.2. The van der Waals surface area contributed by atoms with E-state index in [4.69, 9.17) is 4.99 Å². The maximum Gasteiger partial charge on any atom is 0.0415 e. The zero-order chi connectivity index (χ0) is 22.7. The Morgan fingerprint density at radius 2 is 0.939 bits per heavy atom. The van der Waals surface area contributed by atoms with E-state index in [0.29, 0.717) is 0 Å². The highest BCUT2D eigenvalue weighted by Gasteiger charge is 2.14. The SMILES string of the molecule is CCC/C(=C\P(c1ccccc1)c1ccccc1)N=CP(c1ccccc1)c1ccccc1. The van der Waals surface area contributed by atoms with Gasteiger partial charge in [0.2, 0.25) is 0 Å². The molecule has 4 aromatic carbocycles. The summed E-state index contributed by atoms with van der Waals surface area (Å²) in [5.74, 6) is 4.62. The fourth-order valence-corrected chi connectivity index (χ4v) is 7.53. The van der Waals surface area contributed by atoms with E-state index in [1.165, 1.54) is 26.9 Å². The van der Waals surface area contributed by atoms with Gasteiger partial charge in [0, 0.05) is 11.7 Å². The Bertz CT molecular complexity index is 1080. The molecule has 0 amide bonds. The van der Waals surface area contributed by atoms with Gasteiger partial charge in [-0.25, -0.2) is 0 Å². The van der Waals surface area contributed by atoms with Gasteiger partial charge in [-0.2, -0.15) is 0 Å². The Morgan fingerprint density at radius 3 is 1.30 bits per heavy atom. The van der Waals surface area contributed by atoms with Crippen LogP contribution in [0.3, 0.4) is 0 Å². The number of hydrogen-bond donors (Lipinski definition) is 0. The second kappa shape index (κ2) is 12.4. The van der Waals surface area contributed by atoms with Gasteiger partial charge in [-0.3, -0.25) is 4.99 Å². The molecule has 0 aliphatic heterocycles. The lowest BCUT2D eigenvalue weighted by Gasteiger charge is -2.17. The van der Waals surface area contributed by atoms with Crippen molar-refractivity contribution in [3.05, 3.63) is 133 Å². The van der Waals surface area contributed by atoms with Crippen LogP contribution in [0.2, 0.25) is 0 Å². The van der Waals surface area contributed by atoms with Crippen molar-refractivity contribution in [2.24, 2.45) is 4.99 Å². The molecule has 0 aliphatic carbocycles. The molecular weight excluding hydrogens is 436 g/mol. The minimum absolute atomic E-state index is 0.610. The van der Waals surface area contributed by atoms with Gasteiger partial charge in [-0.05, 0) is 49.3 Å². The van der Waals surface area contributed by atoms with Crippen molar-refractivity contribution in [1.82, 2.24) is 0 Å². The molecule has 0 spiro atoms. The predicted molar refractivity (Wildman–Crippen MR) is 150 cm³/mol. The third-order valence-corrected chi connectivity index (χ3v) is 9.58. The number of rotatable bonds is 9. The van der Waals surface area contributed by atoms with Crippen LogP contribution in [0.15, 0.2) is 138 Å². The minimum atomic E-state index is -0.653. The quantitative estimate of drug-likeness (QED) is 0.188. The van der Waals surface area contributed by atoms with Crippen molar-refractivity contribution in [1.29, 1.82) is 0 Å². The molecule has 0 bridgehead atoms. The molecule has 3 heteroatoms. The summed E-state index contributed by atoms with van der Waals surface area (Å²) in [6.45, 7) is 2.23. The average Bonchev–Trinajstić information content (AvgIpc) is 2.89. The van der Waals surface area contributed by atoms with Crippen LogP contribution in [0.1, 0.15) is 19.8 Å². The van der Waals surface area contributed by atoms with E-state index in [1.807, 2.05) is 0 Å². The lowest BCUT2D eigenvalue weighted by atomic mass is 10.3. The van der Waals surface area contributed by atoms with Crippen LogP contribution in [0.5, 0.6) is 0 Å². The highest BCUT2D eigenvalue weighted by atomic mass is 31.1. The monoisotopic (exact) mass is 465 g/mol. The summed E-state index contributed by atoms with van der Waals surface area (Å²) in [7, 11) is -1.26. The van der Waals surface area contributed by atoms with Gasteiger partial charge < -0.3 is 0 Å². The summed E-state index contributed by atoms with van der Waals surface area (Å²) >= 11 is 0. The molecule has 0 fully saturated rings. The first-order valence-electron chi connectivity index (χ1n) is 11.4. The van der Waals surface area contributed by atoms with Crippen LogP contribution >= 0.6 is 15.8 Å². The van der Waals surface area contributed by atoms with Gasteiger partial charge >= 0.3 is 0 Å². The van der Waals surface area contributed by atoms with E-state index in [9.17, 15) is 0 Å². The first kappa shape index (κ1) is 23.3. The number of benzene rings is 4. The van der Waals surface area contributed by atoms with Crippen LogP contribution < -0.4 is 21.2 Å². The summed E-state index contributed by atoms with van der Waals surface area (Å²) in [5.41, 5.74) is 1.18. The topological polar surface area (TPSA) is 12.4 Å². The van der Waals surface area contributed by atoms with Crippen molar-refractivity contribution >= 4 is 43.0 Å². The van der Waals surface area contributed by atoms with Crippen molar-refractivity contribution in [3.63, 3.8) is 0 Å². The minimum Gasteiger partial charge on any atom is -0.260 e. The number of aliphatic imine (C=N–C) groups is 1. The molecule has 0 heterocycles. The molecule has 0 unspecified atom stereocenters. The smallest absolute Gasteiger partial charge is 0.0415 e. The van der Waals surface area contributed by atoms with Crippen LogP contribution in [0, 0.1) is 0 Å².